The molecule has 1 amide bonds. The maximum Gasteiger partial charge on any atom is 0.327 e. The van der Waals surface area contributed by atoms with E-state index >= 15 is 0 Å². The quantitative estimate of drug-likeness (QED) is 0.550. The minimum absolute atomic E-state index is 0.0743. The predicted molar refractivity (Wildman–Crippen MR) is 68.5 cm³/mol. The summed E-state index contributed by atoms with van der Waals surface area (Å²) in [5, 5.41) is 13.8. The Kier molecular flexibility index (Phi) is 6.26. The largest absolute Gasteiger partial charge is 0.468 e. The third-order valence-corrected chi connectivity index (χ3v) is 3.28. The molecule has 0 aliphatic rings. The summed E-state index contributed by atoms with van der Waals surface area (Å²) in [6.07, 6.45) is 0.878. The molecule has 106 valence electrons. The molecule has 0 aliphatic heterocycles. The Morgan fingerprint density at radius 2 is 2.26 bits per heavy atom. The summed E-state index contributed by atoms with van der Waals surface area (Å²) in [4.78, 5) is 22.9. The van der Waals surface area contributed by atoms with Crippen LogP contribution < -0.4 is 5.32 Å². The summed E-state index contributed by atoms with van der Waals surface area (Å²) < 4.78 is 5.85. The van der Waals surface area contributed by atoms with Crippen molar-refractivity contribution in [3.63, 3.8) is 0 Å². The van der Waals surface area contributed by atoms with Crippen molar-refractivity contribution >= 4 is 23.6 Å². The number of hydrogen-bond acceptors (Lipinski definition) is 7. The first-order valence-electron chi connectivity index (χ1n) is 5.85. The summed E-state index contributed by atoms with van der Waals surface area (Å²) in [7, 11) is 1.29. The fraction of sp³-hybridized carbons (Fsp3) is 0.700. The van der Waals surface area contributed by atoms with Gasteiger partial charge in [0.15, 0.2) is 0 Å². The van der Waals surface area contributed by atoms with Crippen molar-refractivity contribution in [1.29, 1.82) is 0 Å². The predicted octanol–water partition coefficient (Wildman–Crippen LogP) is -0.147. The lowest BCUT2D eigenvalue weighted by molar-refractivity contribution is -0.141. The van der Waals surface area contributed by atoms with Crippen LogP contribution in [0.3, 0.4) is 0 Å². The van der Waals surface area contributed by atoms with E-state index in [1.54, 1.807) is 6.92 Å². The van der Waals surface area contributed by atoms with Crippen molar-refractivity contribution in [1.82, 2.24) is 25.5 Å². The normalized spacial score (nSPS) is 11.9. The van der Waals surface area contributed by atoms with Gasteiger partial charge in [0.05, 0.1) is 12.4 Å². The molecule has 9 heteroatoms. The number of hydrogen-bond donors (Lipinski definition) is 1. The van der Waals surface area contributed by atoms with Crippen molar-refractivity contribution in [3.8, 4) is 0 Å². The van der Waals surface area contributed by atoms with Crippen molar-refractivity contribution in [2.45, 2.75) is 37.2 Å². The van der Waals surface area contributed by atoms with Gasteiger partial charge in [-0.1, -0.05) is 18.7 Å². The van der Waals surface area contributed by atoms with Gasteiger partial charge < -0.3 is 10.1 Å². The molecule has 0 saturated carbocycles. The van der Waals surface area contributed by atoms with Gasteiger partial charge >= 0.3 is 5.97 Å². The van der Waals surface area contributed by atoms with E-state index in [-0.39, 0.29) is 17.7 Å². The molecule has 1 aromatic rings. The number of nitrogens with zero attached hydrogens (tertiary/aromatic N) is 4. The highest BCUT2D eigenvalue weighted by atomic mass is 32.2. The minimum atomic E-state index is -0.447. The van der Waals surface area contributed by atoms with Crippen LogP contribution in [-0.4, -0.2) is 51.0 Å². The van der Waals surface area contributed by atoms with E-state index in [0.29, 0.717) is 11.7 Å². The standard InChI is InChI=1S/C10H17N5O3S/c1-4-5-11-9(17)7(2)19-10-12-13-14-15(10)6-8(16)18-3/h7H,4-6H2,1-3H3,(H,11,17). The van der Waals surface area contributed by atoms with E-state index in [4.69, 9.17) is 0 Å². The van der Waals surface area contributed by atoms with Crippen LogP contribution in [0.15, 0.2) is 5.16 Å². The molecule has 0 spiro atoms. The van der Waals surface area contributed by atoms with Gasteiger partial charge in [0.2, 0.25) is 11.1 Å². The first-order valence-corrected chi connectivity index (χ1v) is 6.73. The molecular formula is C10H17N5O3S. The van der Waals surface area contributed by atoms with Crippen molar-refractivity contribution in [2.24, 2.45) is 0 Å². The highest BCUT2D eigenvalue weighted by Crippen LogP contribution is 2.20. The number of rotatable bonds is 7. The van der Waals surface area contributed by atoms with Gasteiger partial charge in [-0.25, -0.2) is 4.68 Å². The molecule has 0 aromatic carbocycles. The molecular weight excluding hydrogens is 270 g/mol. The maximum atomic E-state index is 11.7. The van der Waals surface area contributed by atoms with Crippen LogP contribution in [0.2, 0.25) is 0 Å². The highest BCUT2D eigenvalue weighted by molar-refractivity contribution is 8.00. The van der Waals surface area contributed by atoms with Gasteiger partial charge in [-0.3, -0.25) is 9.59 Å². The molecule has 0 aliphatic carbocycles. The van der Waals surface area contributed by atoms with Gasteiger partial charge in [0.25, 0.3) is 0 Å². The third kappa shape index (κ3) is 4.86. The summed E-state index contributed by atoms with van der Waals surface area (Å²) >= 11 is 1.19. The Labute approximate surface area is 115 Å². The molecule has 1 heterocycles. The fourth-order valence-electron chi connectivity index (χ4n) is 1.17. The molecule has 1 unspecified atom stereocenters. The summed E-state index contributed by atoms with van der Waals surface area (Å²) in [6.45, 7) is 4.30. The van der Waals surface area contributed by atoms with Gasteiger partial charge in [0.1, 0.15) is 6.54 Å². The minimum Gasteiger partial charge on any atom is -0.468 e. The SMILES string of the molecule is CCCNC(=O)C(C)Sc1nnnn1CC(=O)OC. The van der Waals surface area contributed by atoms with Gasteiger partial charge in [0, 0.05) is 6.54 Å². The molecule has 8 nitrogen and oxygen atoms in total. The summed E-state index contributed by atoms with van der Waals surface area (Å²) in [6, 6.07) is 0. The zero-order chi connectivity index (χ0) is 14.3. The topological polar surface area (TPSA) is 99.0 Å². The summed E-state index contributed by atoms with van der Waals surface area (Å²) in [5.74, 6) is -0.531. The van der Waals surface area contributed by atoms with E-state index in [2.05, 4.69) is 25.6 Å². The number of methoxy groups -OCH3 is 1. The second kappa shape index (κ2) is 7.72. The second-order valence-corrected chi connectivity index (χ2v) is 5.05. The number of aromatic nitrogens is 4. The molecule has 1 atom stereocenters. The second-order valence-electron chi connectivity index (χ2n) is 3.75. The maximum absolute atomic E-state index is 11.7. The van der Waals surface area contributed by atoms with Crippen LogP contribution in [0, 0.1) is 0 Å². The van der Waals surface area contributed by atoms with Crippen molar-refractivity contribution in [2.75, 3.05) is 13.7 Å². The number of carbonyl (C=O) groups is 2. The van der Waals surface area contributed by atoms with E-state index in [1.165, 1.54) is 23.6 Å². The van der Waals surface area contributed by atoms with Gasteiger partial charge in [-0.15, -0.1) is 5.10 Å². The van der Waals surface area contributed by atoms with Crippen LogP contribution in [-0.2, 0) is 20.9 Å². The lowest BCUT2D eigenvalue weighted by Gasteiger charge is -2.10. The molecule has 0 saturated heterocycles. The third-order valence-electron chi connectivity index (χ3n) is 2.21. The Balaban J connectivity index is 2.59. The first kappa shape index (κ1) is 15.4. The van der Waals surface area contributed by atoms with Gasteiger partial charge in [-0.2, -0.15) is 0 Å². The average Bonchev–Trinajstić information content (AvgIpc) is 2.82. The van der Waals surface area contributed by atoms with E-state index < -0.39 is 5.97 Å². The van der Waals surface area contributed by atoms with E-state index in [9.17, 15) is 9.59 Å². The zero-order valence-corrected chi connectivity index (χ0v) is 11.9. The molecule has 0 fully saturated rings. The highest BCUT2D eigenvalue weighted by Gasteiger charge is 2.19. The molecule has 1 aromatic heterocycles. The fourth-order valence-corrected chi connectivity index (χ4v) is 1.98. The van der Waals surface area contributed by atoms with E-state index in [1.807, 2.05) is 6.92 Å². The number of thioether (sulfide) groups is 1. The van der Waals surface area contributed by atoms with Crippen LogP contribution in [0.4, 0.5) is 0 Å². The van der Waals surface area contributed by atoms with Crippen LogP contribution in [0.25, 0.3) is 0 Å². The number of ether oxygens (including phenoxy) is 1. The molecule has 0 bridgehead atoms. The summed E-state index contributed by atoms with van der Waals surface area (Å²) in [5.41, 5.74) is 0. The zero-order valence-electron chi connectivity index (χ0n) is 11.1. The molecule has 0 radical (unpaired) electrons. The Morgan fingerprint density at radius 1 is 1.53 bits per heavy atom. The van der Waals surface area contributed by atoms with Crippen LogP contribution in [0.5, 0.6) is 0 Å². The number of carbonyl (C=O) groups excluding carboxylic acids is 2. The number of tetrazole rings is 1. The van der Waals surface area contributed by atoms with Crippen LogP contribution in [0.1, 0.15) is 20.3 Å². The smallest absolute Gasteiger partial charge is 0.327 e. The number of amides is 1. The average molecular weight is 287 g/mol. The Bertz CT molecular complexity index is 437. The van der Waals surface area contributed by atoms with E-state index in [0.717, 1.165) is 6.42 Å². The van der Waals surface area contributed by atoms with Gasteiger partial charge in [-0.05, 0) is 23.8 Å². The molecule has 1 rings (SSSR count). The first-order chi connectivity index (χ1) is 9.08. The molecule has 1 N–H and O–H groups in total. The monoisotopic (exact) mass is 287 g/mol. The van der Waals surface area contributed by atoms with Crippen molar-refractivity contribution < 1.29 is 14.3 Å². The van der Waals surface area contributed by atoms with Crippen LogP contribution >= 0.6 is 11.8 Å². The lowest BCUT2D eigenvalue weighted by Crippen LogP contribution is -2.31. The molecule has 19 heavy (non-hydrogen) atoms. The number of nitrogens with one attached hydrogen (secondary N) is 1. The Hall–Kier alpha value is -1.64. The Morgan fingerprint density at radius 3 is 2.89 bits per heavy atom. The number of esters is 1. The lowest BCUT2D eigenvalue weighted by atomic mass is 10.4. The van der Waals surface area contributed by atoms with Crippen molar-refractivity contribution in [3.05, 3.63) is 0 Å².